The minimum absolute atomic E-state index is 0.215. The van der Waals surface area contributed by atoms with E-state index in [1.54, 1.807) is 6.07 Å². The van der Waals surface area contributed by atoms with Crippen molar-refractivity contribution in [3.8, 4) is 11.5 Å². The maximum absolute atomic E-state index is 12.5. The van der Waals surface area contributed by atoms with Gasteiger partial charge >= 0.3 is 6.18 Å². The van der Waals surface area contributed by atoms with Gasteiger partial charge in [0.15, 0.2) is 0 Å². The van der Waals surface area contributed by atoms with Gasteiger partial charge in [-0.25, -0.2) is 0 Å². The van der Waals surface area contributed by atoms with Crippen molar-refractivity contribution in [1.29, 1.82) is 0 Å². The Labute approximate surface area is 160 Å². The normalized spacial score (nSPS) is 11.3. The Morgan fingerprint density at radius 2 is 1.73 bits per heavy atom. The number of rotatable bonds is 8. The molecule has 0 aliphatic carbocycles. The number of halogens is 4. The van der Waals surface area contributed by atoms with Crippen LogP contribution >= 0.6 is 23.4 Å². The molecule has 2 aromatic rings. The lowest BCUT2D eigenvalue weighted by Crippen LogP contribution is -2.05. The zero-order chi connectivity index (χ0) is 19.2. The third-order valence-electron chi connectivity index (χ3n) is 3.27. The highest BCUT2D eigenvalue weighted by atomic mass is 35.5. The highest BCUT2D eigenvalue weighted by molar-refractivity contribution is 7.99. The van der Waals surface area contributed by atoms with Gasteiger partial charge in [-0.2, -0.15) is 13.2 Å². The molecule has 7 heteroatoms. The maximum Gasteiger partial charge on any atom is 0.416 e. The zero-order valence-electron chi connectivity index (χ0n) is 14.1. The van der Waals surface area contributed by atoms with E-state index in [9.17, 15) is 13.2 Å². The van der Waals surface area contributed by atoms with Crippen molar-refractivity contribution in [2.45, 2.75) is 18.0 Å². The molecule has 0 fully saturated rings. The summed E-state index contributed by atoms with van der Waals surface area (Å²) in [6, 6.07) is 10.1. The smallest absolute Gasteiger partial charge is 0.416 e. The molecular weight excluding hydrogens is 385 g/mol. The van der Waals surface area contributed by atoms with E-state index in [2.05, 4.69) is 6.58 Å². The Morgan fingerprint density at radius 3 is 2.31 bits per heavy atom. The average Bonchev–Trinajstić information content (AvgIpc) is 2.59. The van der Waals surface area contributed by atoms with E-state index in [0.717, 1.165) is 22.6 Å². The van der Waals surface area contributed by atoms with Crippen LogP contribution in [-0.2, 0) is 6.18 Å². The lowest BCUT2D eigenvalue weighted by Gasteiger charge is -2.11. The van der Waals surface area contributed by atoms with Crippen LogP contribution in [0.15, 0.2) is 59.5 Å². The van der Waals surface area contributed by atoms with E-state index >= 15 is 0 Å². The Balaban J connectivity index is 1.82. The van der Waals surface area contributed by atoms with Gasteiger partial charge in [0.25, 0.3) is 0 Å². The van der Waals surface area contributed by atoms with Crippen LogP contribution in [0.5, 0.6) is 11.5 Å². The first-order valence-electron chi connectivity index (χ1n) is 7.81. The van der Waals surface area contributed by atoms with E-state index in [4.69, 9.17) is 21.1 Å². The number of benzene rings is 2. The van der Waals surface area contributed by atoms with E-state index in [-0.39, 0.29) is 6.61 Å². The summed E-state index contributed by atoms with van der Waals surface area (Å²) in [5, 5.41) is 0.595. The van der Waals surface area contributed by atoms with Crippen molar-refractivity contribution < 1.29 is 22.6 Å². The molecule has 0 unspecified atom stereocenters. The minimum Gasteiger partial charge on any atom is -0.494 e. The molecule has 0 atom stereocenters. The van der Waals surface area contributed by atoms with Gasteiger partial charge in [0.2, 0.25) is 0 Å². The fraction of sp³-hybridized carbons (Fsp3) is 0.263. The first-order chi connectivity index (χ1) is 12.3. The molecule has 0 saturated heterocycles. The van der Waals surface area contributed by atoms with Crippen molar-refractivity contribution in [2.24, 2.45) is 0 Å². The Bertz CT molecular complexity index is 745. The number of hydrogen-bond donors (Lipinski definition) is 0. The molecule has 0 amide bonds. The molecule has 0 aliphatic rings. The van der Waals surface area contributed by atoms with Gasteiger partial charge in [-0.05, 0) is 55.0 Å². The topological polar surface area (TPSA) is 18.5 Å². The summed E-state index contributed by atoms with van der Waals surface area (Å²) in [5.74, 6) is 1.66. The van der Waals surface area contributed by atoms with Crippen molar-refractivity contribution >= 4 is 23.4 Å². The van der Waals surface area contributed by atoms with Crippen LogP contribution < -0.4 is 9.47 Å². The lowest BCUT2D eigenvalue weighted by molar-refractivity contribution is -0.137. The molecular formula is C19H18ClF3O2S. The second-order valence-corrected chi connectivity index (χ2v) is 6.80. The Morgan fingerprint density at radius 1 is 1.08 bits per heavy atom. The van der Waals surface area contributed by atoms with E-state index < -0.39 is 11.7 Å². The fourth-order valence-corrected chi connectivity index (χ4v) is 3.14. The van der Waals surface area contributed by atoms with Crippen molar-refractivity contribution in [1.82, 2.24) is 0 Å². The molecule has 140 valence electrons. The predicted molar refractivity (Wildman–Crippen MR) is 99.4 cm³/mol. The monoisotopic (exact) mass is 402 g/mol. The van der Waals surface area contributed by atoms with Crippen LogP contribution in [0.25, 0.3) is 0 Å². The van der Waals surface area contributed by atoms with Crippen LogP contribution in [0.4, 0.5) is 13.2 Å². The van der Waals surface area contributed by atoms with Crippen molar-refractivity contribution in [3.63, 3.8) is 0 Å². The molecule has 0 spiro atoms. The summed E-state index contributed by atoms with van der Waals surface area (Å²) in [6.07, 6.45) is -4.35. The molecule has 0 aliphatic heterocycles. The average molecular weight is 403 g/mol. The van der Waals surface area contributed by atoms with Gasteiger partial charge in [-0.3, -0.25) is 0 Å². The van der Waals surface area contributed by atoms with Crippen LogP contribution in [0.2, 0.25) is 5.02 Å². The predicted octanol–water partition coefficient (Wildman–Crippen LogP) is 6.48. The number of hydrogen-bond acceptors (Lipinski definition) is 3. The molecule has 0 aromatic heterocycles. The highest BCUT2D eigenvalue weighted by Gasteiger charge is 2.29. The molecule has 26 heavy (non-hydrogen) atoms. The van der Waals surface area contributed by atoms with Gasteiger partial charge in [-0.1, -0.05) is 18.2 Å². The van der Waals surface area contributed by atoms with Gasteiger partial charge in [0, 0.05) is 10.6 Å². The van der Waals surface area contributed by atoms with Crippen molar-refractivity contribution in [2.75, 3.05) is 19.0 Å². The molecule has 2 nitrogen and oxygen atoms in total. The molecule has 0 bridgehead atoms. The zero-order valence-corrected chi connectivity index (χ0v) is 15.7. The highest BCUT2D eigenvalue weighted by Crippen LogP contribution is 2.32. The molecule has 0 radical (unpaired) electrons. The number of thioether (sulfide) groups is 1. The number of ether oxygens (including phenoxy) is 2. The summed E-state index contributed by atoms with van der Waals surface area (Å²) in [7, 11) is 0. The quantitative estimate of drug-likeness (QED) is 0.371. The van der Waals surface area contributed by atoms with E-state index in [1.807, 2.05) is 19.1 Å². The Kier molecular flexibility index (Phi) is 7.29. The molecule has 2 aromatic carbocycles. The van der Waals surface area contributed by atoms with E-state index in [0.29, 0.717) is 28.9 Å². The van der Waals surface area contributed by atoms with Crippen LogP contribution in [0.1, 0.15) is 12.5 Å². The van der Waals surface area contributed by atoms with Gasteiger partial charge in [0.1, 0.15) is 18.1 Å². The lowest BCUT2D eigenvalue weighted by atomic mass is 10.2. The maximum atomic E-state index is 12.5. The second kappa shape index (κ2) is 9.24. The summed E-state index contributed by atoms with van der Waals surface area (Å²) in [4.78, 5) is 0.894. The summed E-state index contributed by atoms with van der Waals surface area (Å²) >= 11 is 7.73. The van der Waals surface area contributed by atoms with Crippen LogP contribution in [-0.4, -0.2) is 19.0 Å². The molecule has 0 heterocycles. The van der Waals surface area contributed by atoms with E-state index in [1.165, 1.54) is 23.9 Å². The van der Waals surface area contributed by atoms with Gasteiger partial charge < -0.3 is 9.47 Å². The van der Waals surface area contributed by atoms with Gasteiger partial charge in [-0.15, -0.1) is 11.8 Å². The third kappa shape index (κ3) is 6.18. The first kappa shape index (κ1) is 20.5. The Hall–Kier alpha value is -1.79. The molecule has 0 N–H and O–H groups in total. The minimum atomic E-state index is -4.35. The second-order valence-electron chi connectivity index (χ2n) is 5.37. The van der Waals surface area contributed by atoms with Crippen molar-refractivity contribution in [3.05, 3.63) is 65.2 Å². The SMILES string of the molecule is C=C(COc1ccc(C(F)(F)F)cc1)CSc1ccc(OCC)cc1Cl. The third-order valence-corrected chi connectivity index (χ3v) is 4.92. The number of alkyl halides is 3. The fourth-order valence-electron chi connectivity index (χ4n) is 2.00. The first-order valence-corrected chi connectivity index (χ1v) is 9.18. The van der Waals surface area contributed by atoms with Crippen LogP contribution in [0.3, 0.4) is 0 Å². The van der Waals surface area contributed by atoms with Gasteiger partial charge in [0.05, 0.1) is 17.2 Å². The van der Waals surface area contributed by atoms with Crippen LogP contribution in [0, 0.1) is 0 Å². The standard InChI is InChI=1S/C19H18ClF3O2S/c1-3-24-16-8-9-18(17(20)10-16)26-12-13(2)11-25-15-6-4-14(5-7-15)19(21,22)23/h4-10H,2-3,11-12H2,1H3. The largest absolute Gasteiger partial charge is 0.494 e. The summed E-state index contributed by atoms with van der Waals surface area (Å²) < 4.78 is 48.4. The summed E-state index contributed by atoms with van der Waals surface area (Å²) in [5.41, 5.74) is 0.0872. The summed E-state index contributed by atoms with van der Waals surface area (Å²) in [6.45, 7) is 6.61. The molecule has 2 rings (SSSR count). The molecule has 0 saturated carbocycles.